The number of rotatable bonds is 3. The van der Waals surface area contributed by atoms with Crippen molar-refractivity contribution in [2.45, 2.75) is 46.5 Å². The topological polar surface area (TPSA) is 73.9 Å². The van der Waals surface area contributed by atoms with E-state index < -0.39 is 11.9 Å². The number of benzene rings is 1. The molecule has 4 rings (SSSR count). The largest absolute Gasteiger partial charge is 0.463 e. The van der Waals surface area contributed by atoms with Crippen LogP contribution in [0.3, 0.4) is 0 Å². The lowest BCUT2D eigenvalue weighted by Gasteiger charge is -2.39. The average Bonchev–Trinajstić information content (AvgIpc) is 3.05. The third-order valence-corrected chi connectivity index (χ3v) is 6.22. The highest BCUT2D eigenvalue weighted by Crippen LogP contribution is 2.50. The number of hydrogen-bond acceptors (Lipinski definition) is 6. The number of fused-ring (bicyclic) bond motifs is 1. The van der Waals surface area contributed by atoms with E-state index in [1.54, 1.807) is 6.92 Å². The molecule has 3 aliphatic rings. The molecule has 0 aromatic heterocycles. The lowest BCUT2D eigenvalue weighted by atomic mass is 9.68. The molecule has 0 radical (unpaired) electrons. The van der Waals surface area contributed by atoms with Gasteiger partial charge in [0, 0.05) is 33.8 Å². The second-order valence-corrected chi connectivity index (χ2v) is 9.23. The summed E-state index contributed by atoms with van der Waals surface area (Å²) in [6, 6.07) is 3.68. The van der Waals surface area contributed by atoms with E-state index in [1.807, 2.05) is 19.1 Å². The van der Waals surface area contributed by atoms with Crippen LogP contribution >= 0.6 is 15.9 Å². The zero-order chi connectivity index (χ0) is 20.9. The summed E-state index contributed by atoms with van der Waals surface area (Å²) in [6.07, 6.45) is 1.17. The van der Waals surface area contributed by atoms with Crippen LogP contribution < -0.4 is 14.8 Å². The van der Waals surface area contributed by atoms with Gasteiger partial charge in [-0.1, -0.05) is 29.8 Å². The van der Waals surface area contributed by atoms with Crippen LogP contribution in [0.25, 0.3) is 0 Å². The molecule has 0 bridgehead atoms. The standard InChI is InChI=1S/C22H24BrNO5/c1-5-27-21(26)18-11(2)24-14-8-22(3,4)9-15(25)20(14)19(18)12-6-16-17(7-13(12)23)29-10-28-16/h6-7,19,24H,5,8-10H2,1-4H3/t19-/m0/s1. The van der Waals surface area contributed by atoms with Crippen LogP contribution in [0.15, 0.2) is 39.1 Å². The van der Waals surface area contributed by atoms with Crippen molar-refractivity contribution in [3.8, 4) is 11.5 Å². The van der Waals surface area contributed by atoms with Gasteiger partial charge < -0.3 is 19.5 Å². The Labute approximate surface area is 178 Å². The molecule has 0 unspecified atom stereocenters. The highest BCUT2D eigenvalue weighted by atomic mass is 79.9. The normalized spacial score (nSPS) is 22.4. The molecule has 0 saturated heterocycles. The van der Waals surface area contributed by atoms with Crippen LogP contribution in [0.4, 0.5) is 0 Å². The molecule has 2 aliphatic heterocycles. The number of esters is 1. The highest BCUT2D eigenvalue weighted by Gasteiger charge is 2.44. The Bertz CT molecular complexity index is 976. The van der Waals surface area contributed by atoms with Gasteiger partial charge in [-0.05, 0) is 43.4 Å². The van der Waals surface area contributed by atoms with Crippen LogP contribution in [0.2, 0.25) is 0 Å². The summed E-state index contributed by atoms with van der Waals surface area (Å²) in [5, 5.41) is 3.33. The van der Waals surface area contributed by atoms with Crippen LogP contribution in [0.1, 0.15) is 52.0 Å². The maximum atomic E-state index is 13.3. The summed E-state index contributed by atoms with van der Waals surface area (Å²) in [7, 11) is 0. The van der Waals surface area contributed by atoms with E-state index in [0.29, 0.717) is 34.8 Å². The van der Waals surface area contributed by atoms with E-state index in [-0.39, 0.29) is 24.6 Å². The number of halogens is 1. The number of ether oxygens (including phenoxy) is 3. The molecule has 1 aliphatic carbocycles. The molecule has 7 heteroatoms. The van der Waals surface area contributed by atoms with Gasteiger partial charge in [-0.25, -0.2) is 4.79 Å². The van der Waals surface area contributed by atoms with Crippen molar-refractivity contribution >= 4 is 27.7 Å². The number of carbonyl (C=O) groups is 2. The number of carbonyl (C=O) groups excluding carboxylic acids is 2. The van der Waals surface area contributed by atoms with Gasteiger partial charge in [-0.3, -0.25) is 4.79 Å². The van der Waals surface area contributed by atoms with Gasteiger partial charge in [0.05, 0.1) is 12.2 Å². The van der Waals surface area contributed by atoms with Crippen LogP contribution in [0, 0.1) is 5.41 Å². The molecule has 154 valence electrons. The number of dihydropyridines is 1. The molecule has 2 heterocycles. The van der Waals surface area contributed by atoms with Crippen molar-refractivity contribution in [3.05, 3.63) is 44.7 Å². The van der Waals surface area contributed by atoms with E-state index in [4.69, 9.17) is 14.2 Å². The van der Waals surface area contributed by atoms with Gasteiger partial charge >= 0.3 is 5.97 Å². The van der Waals surface area contributed by atoms with Crippen molar-refractivity contribution in [3.63, 3.8) is 0 Å². The Morgan fingerprint density at radius 3 is 2.66 bits per heavy atom. The van der Waals surface area contributed by atoms with Crippen LogP contribution in [-0.2, 0) is 14.3 Å². The zero-order valence-electron chi connectivity index (χ0n) is 17.0. The fraction of sp³-hybridized carbons (Fsp3) is 0.455. The molecule has 0 saturated carbocycles. The molecular weight excluding hydrogens is 438 g/mol. The number of allylic oxidation sites excluding steroid dienone is 3. The van der Waals surface area contributed by atoms with Crippen molar-refractivity contribution in [1.29, 1.82) is 0 Å². The first-order valence-electron chi connectivity index (χ1n) is 9.72. The molecular formula is C22H24BrNO5. The monoisotopic (exact) mass is 461 g/mol. The number of hydrogen-bond donors (Lipinski definition) is 1. The maximum absolute atomic E-state index is 13.3. The van der Waals surface area contributed by atoms with E-state index in [0.717, 1.165) is 22.2 Å². The second kappa shape index (κ2) is 7.20. The lowest BCUT2D eigenvalue weighted by molar-refractivity contribution is -0.138. The van der Waals surface area contributed by atoms with Crippen LogP contribution in [0.5, 0.6) is 11.5 Å². The minimum Gasteiger partial charge on any atom is -0.463 e. The molecule has 6 nitrogen and oxygen atoms in total. The molecule has 1 atom stereocenters. The first-order chi connectivity index (χ1) is 13.7. The quantitative estimate of drug-likeness (QED) is 0.674. The molecule has 1 aromatic carbocycles. The Hall–Kier alpha value is -2.28. The van der Waals surface area contributed by atoms with Crippen molar-refractivity contribution in [2.75, 3.05) is 13.4 Å². The summed E-state index contributed by atoms with van der Waals surface area (Å²) in [6.45, 7) is 8.21. The van der Waals surface area contributed by atoms with Gasteiger partial charge in [-0.2, -0.15) is 0 Å². The summed E-state index contributed by atoms with van der Waals surface area (Å²) in [4.78, 5) is 26.2. The van der Waals surface area contributed by atoms with Gasteiger partial charge in [0.1, 0.15) is 0 Å². The predicted octanol–water partition coefficient (Wildman–Crippen LogP) is 4.34. The third-order valence-electron chi connectivity index (χ3n) is 5.54. The van der Waals surface area contributed by atoms with Gasteiger partial charge in [0.15, 0.2) is 17.3 Å². The fourth-order valence-corrected chi connectivity index (χ4v) is 4.93. The third kappa shape index (κ3) is 3.45. The van der Waals surface area contributed by atoms with Crippen molar-refractivity contribution < 1.29 is 23.8 Å². The molecule has 1 aromatic rings. The minimum absolute atomic E-state index is 0.0487. The first kappa shape index (κ1) is 20.0. The lowest BCUT2D eigenvalue weighted by Crippen LogP contribution is -2.38. The van der Waals surface area contributed by atoms with E-state index in [1.165, 1.54) is 0 Å². The molecule has 0 amide bonds. The summed E-state index contributed by atoms with van der Waals surface area (Å²) < 4.78 is 17.1. The highest BCUT2D eigenvalue weighted by molar-refractivity contribution is 9.10. The van der Waals surface area contributed by atoms with Gasteiger partial charge in [0.2, 0.25) is 6.79 Å². The Morgan fingerprint density at radius 1 is 1.28 bits per heavy atom. The SMILES string of the molecule is CCOC(=O)C1=C(C)NC2=C(C(=O)CC(C)(C)C2)[C@H]1c1cc2c(cc1Br)OCO2. The van der Waals surface area contributed by atoms with Gasteiger partial charge in [0.25, 0.3) is 0 Å². The molecule has 29 heavy (non-hydrogen) atoms. The molecule has 0 fully saturated rings. The Morgan fingerprint density at radius 2 is 1.97 bits per heavy atom. The van der Waals surface area contributed by atoms with Crippen molar-refractivity contribution in [2.24, 2.45) is 5.41 Å². The van der Waals surface area contributed by atoms with Crippen LogP contribution in [-0.4, -0.2) is 25.2 Å². The minimum atomic E-state index is -0.530. The van der Waals surface area contributed by atoms with Crippen molar-refractivity contribution in [1.82, 2.24) is 5.32 Å². The predicted molar refractivity (Wildman–Crippen MR) is 111 cm³/mol. The van der Waals surface area contributed by atoms with E-state index in [9.17, 15) is 9.59 Å². The Kier molecular flexibility index (Phi) is 4.97. The summed E-state index contributed by atoms with van der Waals surface area (Å²) in [5.41, 5.74) is 3.34. The first-order valence-corrected chi connectivity index (χ1v) is 10.5. The van der Waals surface area contributed by atoms with E-state index >= 15 is 0 Å². The number of ketones is 1. The van der Waals surface area contributed by atoms with Gasteiger partial charge in [-0.15, -0.1) is 0 Å². The fourth-order valence-electron chi connectivity index (χ4n) is 4.38. The zero-order valence-corrected chi connectivity index (χ0v) is 18.6. The number of nitrogens with one attached hydrogen (secondary N) is 1. The van der Waals surface area contributed by atoms with E-state index in [2.05, 4.69) is 35.1 Å². The summed E-state index contributed by atoms with van der Waals surface area (Å²) in [5.74, 6) is 0.341. The molecule has 0 spiro atoms. The number of Topliss-reactive ketones (excluding diaryl/α,β-unsaturated/α-hetero) is 1. The smallest absolute Gasteiger partial charge is 0.336 e. The Balaban J connectivity index is 1.92. The summed E-state index contributed by atoms with van der Waals surface area (Å²) >= 11 is 3.62. The maximum Gasteiger partial charge on any atom is 0.336 e. The second-order valence-electron chi connectivity index (χ2n) is 8.38. The average molecular weight is 462 g/mol. The molecule has 1 N–H and O–H groups in total.